The maximum atomic E-state index is 4.49. The van der Waals surface area contributed by atoms with Crippen molar-refractivity contribution in [3.05, 3.63) is 152 Å². The van der Waals surface area contributed by atoms with Gasteiger partial charge < -0.3 is 4.98 Å². The summed E-state index contributed by atoms with van der Waals surface area (Å²) in [4.78, 5) is 13.3. The topological polar surface area (TPSA) is 38.7 Å². The predicted molar refractivity (Wildman–Crippen MR) is 164 cm³/mol. The molecule has 0 spiro atoms. The molecule has 4 aromatic carbocycles. The van der Waals surface area contributed by atoms with Gasteiger partial charge in [0.2, 0.25) is 0 Å². The molecular formula is C37H31IrN3-2. The maximum Gasteiger partial charge on any atom is 0.0748 e. The smallest absolute Gasteiger partial charge is 0.0748 e. The fourth-order valence-electron chi connectivity index (χ4n) is 4.39. The summed E-state index contributed by atoms with van der Waals surface area (Å²) in [5.41, 5.74) is 8.82. The molecule has 0 fully saturated rings. The molecule has 0 atom stereocenters. The van der Waals surface area contributed by atoms with E-state index in [1.165, 1.54) is 22.3 Å². The van der Waals surface area contributed by atoms with Crippen LogP contribution in [0.15, 0.2) is 134 Å². The molecule has 0 aliphatic heterocycles. The normalized spacial score (nSPS) is 10.3. The number of pyridine rings is 1. The number of hydrogen-bond acceptors (Lipinski definition) is 3. The van der Waals surface area contributed by atoms with E-state index < -0.39 is 0 Å². The van der Waals surface area contributed by atoms with Crippen LogP contribution in [0.5, 0.6) is 0 Å². The van der Waals surface area contributed by atoms with Gasteiger partial charge in [0.05, 0.1) is 5.82 Å². The molecule has 0 bridgehead atoms. The average molecular weight is 710 g/mol. The summed E-state index contributed by atoms with van der Waals surface area (Å²) in [6.07, 6.45) is 6.65. The van der Waals surface area contributed by atoms with Crippen molar-refractivity contribution in [3.8, 4) is 44.9 Å². The fraction of sp³-hybridized carbons (Fsp3) is 0.108. The summed E-state index contributed by atoms with van der Waals surface area (Å²) in [6.45, 7) is 4.40. The van der Waals surface area contributed by atoms with E-state index in [4.69, 9.17) is 0 Å². The van der Waals surface area contributed by atoms with E-state index >= 15 is 0 Å². The van der Waals surface area contributed by atoms with E-state index in [1.54, 1.807) is 6.20 Å². The van der Waals surface area contributed by atoms with Crippen LogP contribution in [-0.2, 0) is 26.5 Å². The van der Waals surface area contributed by atoms with Crippen LogP contribution < -0.4 is 0 Å². The molecule has 0 saturated heterocycles. The summed E-state index contributed by atoms with van der Waals surface area (Å²) in [5.74, 6) is 1.34. The zero-order chi connectivity index (χ0) is 27.6. The third kappa shape index (κ3) is 8.37. The van der Waals surface area contributed by atoms with E-state index in [2.05, 4.69) is 89.5 Å². The third-order valence-corrected chi connectivity index (χ3v) is 6.36. The van der Waals surface area contributed by atoms with Gasteiger partial charge in [0.1, 0.15) is 0 Å². The molecule has 0 unspecified atom stereocenters. The van der Waals surface area contributed by atoms with Crippen molar-refractivity contribution < 1.29 is 20.1 Å². The number of aromatic nitrogens is 3. The average Bonchev–Trinajstić information content (AvgIpc) is 3.03. The van der Waals surface area contributed by atoms with Crippen molar-refractivity contribution >= 4 is 0 Å². The second-order valence-electron chi connectivity index (χ2n) is 9.94. The van der Waals surface area contributed by atoms with Crippen LogP contribution in [0.3, 0.4) is 0 Å². The van der Waals surface area contributed by atoms with Crippen LogP contribution in [0.25, 0.3) is 44.9 Å². The van der Waals surface area contributed by atoms with Crippen molar-refractivity contribution in [2.75, 3.05) is 0 Å². The Balaban J connectivity index is 0.000000188. The van der Waals surface area contributed by atoms with Gasteiger partial charge in [-0.05, 0) is 35.2 Å². The number of hydrogen-bond donors (Lipinski definition) is 0. The third-order valence-electron chi connectivity index (χ3n) is 6.36. The molecule has 4 heteroatoms. The fourth-order valence-corrected chi connectivity index (χ4v) is 4.39. The Bertz CT molecular complexity index is 1540. The van der Waals surface area contributed by atoms with Gasteiger partial charge in [-0.3, -0.25) is 9.97 Å². The Hall–Kier alpha value is -4.24. The minimum atomic E-state index is 0. The summed E-state index contributed by atoms with van der Waals surface area (Å²) in [7, 11) is 0. The Labute approximate surface area is 256 Å². The van der Waals surface area contributed by atoms with Crippen molar-refractivity contribution in [1.29, 1.82) is 0 Å². The Kier molecular flexibility index (Phi) is 10.8. The van der Waals surface area contributed by atoms with E-state index in [9.17, 15) is 0 Å². The molecule has 2 aromatic heterocycles. The molecule has 2 heterocycles. The molecule has 0 N–H and O–H groups in total. The molecule has 205 valence electrons. The first-order valence-corrected chi connectivity index (χ1v) is 13.5. The van der Waals surface area contributed by atoms with Gasteiger partial charge in [-0.1, -0.05) is 97.8 Å². The molecular weight excluding hydrogens is 679 g/mol. The number of benzene rings is 4. The molecule has 0 amide bonds. The van der Waals surface area contributed by atoms with Crippen molar-refractivity contribution in [2.45, 2.75) is 20.3 Å². The second-order valence-corrected chi connectivity index (χ2v) is 9.94. The first-order valence-electron chi connectivity index (χ1n) is 13.5. The number of nitrogens with zero attached hydrogens (tertiary/aromatic N) is 3. The summed E-state index contributed by atoms with van der Waals surface area (Å²) >= 11 is 0. The molecule has 0 saturated carbocycles. The van der Waals surface area contributed by atoms with E-state index in [-0.39, 0.29) is 20.1 Å². The van der Waals surface area contributed by atoms with Crippen molar-refractivity contribution in [1.82, 2.24) is 15.0 Å². The quantitative estimate of drug-likeness (QED) is 0.162. The largest absolute Gasteiger partial charge is 0.305 e. The SMILES string of the molecule is CC(C)Cc1cnc(-c2[c-]ccc(-c3ccccc3)c2)nc1.[Ir].[c-]1cc(-c2ccccc2)ccc1-c1ccccn1. The summed E-state index contributed by atoms with van der Waals surface area (Å²) in [6, 6.07) is 45.3. The Morgan fingerprint density at radius 2 is 1.27 bits per heavy atom. The summed E-state index contributed by atoms with van der Waals surface area (Å²) in [5, 5.41) is 0. The van der Waals surface area contributed by atoms with Gasteiger partial charge in [0, 0.05) is 38.7 Å². The zero-order valence-corrected chi connectivity index (χ0v) is 25.6. The van der Waals surface area contributed by atoms with Gasteiger partial charge in [-0.15, -0.1) is 65.2 Å². The zero-order valence-electron chi connectivity index (χ0n) is 23.2. The van der Waals surface area contributed by atoms with Gasteiger partial charge >= 0.3 is 0 Å². The van der Waals surface area contributed by atoms with Crippen LogP contribution in [0.1, 0.15) is 19.4 Å². The standard InChI is InChI=1S/C20H19N2.C17H12N.Ir/c1-15(2)11-16-13-21-20(22-14-16)19-10-6-9-18(12-19)17-7-4-3-5-8-17;1-2-6-14(7-3-1)15-9-11-16(12-10-15)17-8-4-5-13-18-17;/h3-9,12-15H,11H2,1-2H3;1-11,13H;/q2*-1;. The van der Waals surface area contributed by atoms with Gasteiger partial charge in [0.25, 0.3) is 0 Å². The second kappa shape index (κ2) is 14.9. The molecule has 0 aliphatic rings. The Morgan fingerprint density at radius 1 is 0.610 bits per heavy atom. The van der Waals surface area contributed by atoms with E-state index in [0.717, 1.165) is 34.6 Å². The first-order chi connectivity index (χ1) is 19.7. The van der Waals surface area contributed by atoms with Gasteiger partial charge in [-0.25, -0.2) is 0 Å². The van der Waals surface area contributed by atoms with E-state index in [1.807, 2.05) is 79.1 Å². The minimum absolute atomic E-state index is 0. The predicted octanol–water partition coefficient (Wildman–Crippen LogP) is 9.02. The van der Waals surface area contributed by atoms with Crippen LogP contribution in [-0.4, -0.2) is 15.0 Å². The molecule has 1 radical (unpaired) electrons. The molecule has 6 rings (SSSR count). The van der Waals surface area contributed by atoms with Crippen LogP contribution in [0.4, 0.5) is 0 Å². The monoisotopic (exact) mass is 710 g/mol. The molecule has 6 aromatic rings. The van der Waals surface area contributed by atoms with Gasteiger partial charge in [0.15, 0.2) is 0 Å². The molecule has 0 aliphatic carbocycles. The first kappa shape index (κ1) is 29.7. The van der Waals surface area contributed by atoms with E-state index in [0.29, 0.717) is 5.92 Å². The number of rotatable bonds is 6. The maximum absolute atomic E-state index is 4.49. The summed E-state index contributed by atoms with van der Waals surface area (Å²) < 4.78 is 0. The Morgan fingerprint density at radius 3 is 1.85 bits per heavy atom. The van der Waals surface area contributed by atoms with Crippen LogP contribution in [0, 0.1) is 18.1 Å². The van der Waals surface area contributed by atoms with Crippen LogP contribution >= 0.6 is 0 Å². The van der Waals surface area contributed by atoms with Crippen LogP contribution in [0.2, 0.25) is 0 Å². The minimum Gasteiger partial charge on any atom is -0.305 e. The van der Waals surface area contributed by atoms with Gasteiger partial charge in [-0.2, -0.15) is 0 Å². The molecule has 3 nitrogen and oxygen atoms in total. The van der Waals surface area contributed by atoms with Crippen molar-refractivity contribution in [2.24, 2.45) is 5.92 Å². The van der Waals surface area contributed by atoms with Crippen molar-refractivity contribution in [3.63, 3.8) is 0 Å². The molecule has 41 heavy (non-hydrogen) atoms.